The van der Waals surface area contributed by atoms with E-state index in [1.165, 1.54) is 19.2 Å². The Kier molecular flexibility index (Phi) is 4.23. The summed E-state index contributed by atoms with van der Waals surface area (Å²) in [5.41, 5.74) is 1.07. The van der Waals surface area contributed by atoms with Gasteiger partial charge in [0.1, 0.15) is 10.6 Å². The van der Waals surface area contributed by atoms with Crippen LogP contribution in [0, 0.1) is 0 Å². The van der Waals surface area contributed by atoms with Gasteiger partial charge in [-0.3, -0.25) is 4.79 Å². The molecule has 0 amide bonds. The first-order valence-corrected chi connectivity index (χ1v) is 7.91. The fourth-order valence-corrected chi connectivity index (χ4v) is 2.55. The van der Waals surface area contributed by atoms with Crippen molar-refractivity contribution in [1.82, 2.24) is 10.2 Å². The number of benzene rings is 1. The van der Waals surface area contributed by atoms with Crippen molar-refractivity contribution in [1.29, 1.82) is 0 Å². The summed E-state index contributed by atoms with van der Waals surface area (Å²) in [5.74, 6) is 0.286. The zero-order valence-corrected chi connectivity index (χ0v) is 12.3. The predicted octanol–water partition coefficient (Wildman–Crippen LogP) is 1.35. The molecule has 0 aliphatic carbocycles. The van der Waals surface area contributed by atoms with Crippen LogP contribution >= 0.6 is 0 Å². The van der Waals surface area contributed by atoms with E-state index >= 15 is 0 Å². The van der Waals surface area contributed by atoms with Crippen molar-refractivity contribution in [3.63, 3.8) is 0 Å². The van der Waals surface area contributed by atoms with Gasteiger partial charge in [0.2, 0.25) is 0 Å². The molecule has 7 heteroatoms. The lowest BCUT2D eigenvalue weighted by Gasteiger charge is -2.07. The minimum atomic E-state index is -3.34. The number of methoxy groups -OCH3 is 1. The smallest absolute Gasteiger partial charge is 0.264 e. The predicted molar refractivity (Wildman–Crippen MR) is 79.9 cm³/mol. The van der Waals surface area contributed by atoms with Crippen molar-refractivity contribution >= 4 is 22.0 Å². The number of ether oxygens (including phenoxy) is 1. The second kappa shape index (κ2) is 5.92. The number of aromatic amines is 1. The molecule has 1 N–H and O–H groups in total. The number of hydrogen-bond acceptors (Lipinski definition) is 5. The third-order valence-electron chi connectivity index (χ3n) is 2.73. The van der Waals surface area contributed by atoms with Gasteiger partial charge in [-0.15, -0.1) is 0 Å². The molecular weight excluding hydrogens is 292 g/mol. The highest BCUT2D eigenvalue weighted by Gasteiger charge is 2.13. The Morgan fingerprint density at radius 2 is 1.95 bits per heavy atom. The van der Waals surface area contributed by atoms with Gasteiger partial charge in [0.15, 0.2) is 9.84 Å². The van der Waals surface area contributed by atoms with Crippen LogP contribution in [-0.2, 0) is 9.84 Å². The van der Waals surface area contributed by atoms with Crippen molar-refractivity contribution in [2.24, 2.45) is 0 Å². The van der Waals surface area contributed by atoms with Crippen LogP contribution < -0.4 is 10.3 Å². The molecule has 0 spiro atoms. The van der Waals surface area contributed by atoms with Crippen LogP contribution in [-0.4, -0.2) is 32.0 Å². The molecule has 0 atom stereocenters. The summed E-state index contributed by atoms with van der Waals surface area (Å²) >= 11 is 0. The van der Waals surface area contributed by atoms with E-state index in [2.05, 4.69) is 10.2 Å². The van der Waals surface area contributed by atoms with Crippen molar-refractivity contribution in [3.05, 3.63) is 51.9 Å². The Balaban J connectivity index is 2.33. The van der Waals surface area contributed by atoms with Crippen molar-refractivity contribution in [2.75, 3.05) is 13.4 Å². The molecule has 21 heavy (non-hydrogen) atoms. The molecule has 0 saturated carbocycles. The molecule has 0 bridgehead atoms. The summed E-state index contributed by atoms with van der Waals surface area (Å²) in [7, 11) is -1.92. The normalized spacial score (nSPS) is 11.7. The number of nitrogens with zero attached hydrogens (tertiary/aromatic N) is 1. The number of hydrogen-bond donors (Lipinski definition) is 1. The highest BCUT2D eigenvalue weighted by Crippen LogP contribution is 2.25. The molecule has 1 aromatic carbocycles. The highest BCUT2D eigenvalue weighted by atomic mass is 32.2. The highest BCUT2D eigenvalue weighted by molar-refractivity contribution is 7.90. The Hall–Kier alpha value is -2.41. The van der Waals surface area contributed by atoms with E-state index in [4.69, 9.17) is 4.74 Å². The van der Waals surface area contributed by atoms with Gasteiger partial charge in [0.05, 0.1) is 12.8 Å². The largest absolute Gasteiger partial charge is 0.495 e. The maximum atomic E-state index is 11.6. The lowest BCUT2D eigenvalue weighted by atomic mass is 10.2. The van der Waals surface area contributed by atoms with Crippen LogP contribution in [0.2, 0.25) is 0 Å². The Morgan fingerprint density at radius 3 is 2.52 bits per heavy atom. The number of rotatable bonds is 4. The first-order chi connectivity index (χ1) is 9.90. The first kappa shape index (κ1) is 15.0. The number of nitrogens with one attached hydrogen (secondary N) is 1. The molecule has 0 aliphatic rings. The SMILES string of the molecule is COc1cc(/C=C/c2ccc(=O)[nH]n2)ccc1S(C)(=O)=O. The summed E-state index contributed by atoms with van der Waals surface area (Å²) in [6.45, 7) is 0. The van der Waals surface area contributed by atoms with Crippen LogP contribution in [0.25, 0.3) is 12.2 Å². The van der Waals surface area contributed by atoms with Gasteiger partial charge in [-0.25, -0.2) is 13.5 Å². The molecule has 2 aromatic rings. The lowest BCUT2D eigenvalue weighted by molar-refractivity contribution is 0.403. The molecular formula is C14H14N2O4S. The number of aromatic nitrogens is 2. The van der Waals surface area contributed by atoms with E-state index in [1.54, 1.807) is 30.4 Å². The Morgan fingerprint density at radius 1 is 1.19 bits per heavy atom. The van der Waals surface area contributed by atoms with Crippen LogP contribution in [0.1, 0.15) is 11.3 Å². The van der Waals surface area contributed by atoms with E-state index < -0.39 is 9.84 Å². The molecule has 0 radical (unpaired) electrons. The molecule has 0 aliphatic heterocycles. The summed E-state index contributed by atoms with van der Waals surface area (Å²) in [6, 6.07) is 7.74. The zero-order chi connectivity index (χ0) is 15.5. The first-order valence-electron chi connectivity index (χ1n) is 6.02. The van der Waals surface area contributed by atoms with E-state index in [0.29, 0.717) is 5.69 Å². The van der Waals surface area contributed by atoms with E-state index in [-0.39, 0.29) is 16.2 Å². The van der Waals surface area contributed by atoms with E-state index in [9.17, 15) is 13.2 Å². The topological polar surface area (TPSA) is 89.1 Å². The molecule has 6 nitrogen and oxygen atoms in total. The van der Waals surface area contributed by atoms with Gasteiger partial charge < -0.3 is 4.74 Å². The third kappa shape index (κ3) is 3.79. The van der Waals surface area contributed by atoms with Gasteiger partial charge in [-0.05, 0) is 29.8 Å². The molecule has 1 aromatic heterocycles. The second-order valence-corrected chi connectivity index (χ2v) is 6.35. The van der Waals surface area contributed by atoms with Gasteiger partial charge in [-0.2, -0.15) is 5.10 Å². The van der Waals surface area contributed by atoms with Crippen LogP contribution in [0.15, 0.2) is 40.0 Å². The average molecular weight is 306 g/mol. The van der Waals surface area contributed by atoms with Gasteiger partial charge in [0.25, 0.3) is 5.56 Å². The zero-order valence-electron chi connectivity index (χ0n) is 11.5. The molecule has 0 fully saturated rings. The van der Waals surface area contributed by atoms with Crippen LogP contribution in [0.5, 0.6) is 5.75 Å². The fourth-order valence-electron chi connectivity index (χ4n) is 1.72. The maximum absolute atomic E-state index is 11.6. The van der Waals surface area contributed by atoms with E-state index in [1.807, 2.05) is 0 Å². The standard InChI is InChI=1S/C14H14N2O4S/c1-20-12-9-10(4-7-13(12)21(2,18)19)3-5-11-6-8-14(17)16-15-11/h3-9H,1-2H3,(H,16,17)/b5-3+. The van der Waals surface area contributed by atoms with Crippen LogP contribution in [0.4, 0.5) is 0 Å². The minimum Gasteiger partial charge on any atom is -0.495 e. The summed E-state index contributed by atoms with van der Waals surface area (Å²) in [4.78, 5) is 11.0. The molecule has 0 saturated heterocycles. The molecule has 1 heterocycles. The number of H-pyrrole nitrogens is 1. The van der Waals surface area contributed by atoms with Gasteiger partial charge in [-0.1, -0.05) is 12.1 Å². The van der Waals surface area contributed by atoms with Crippen LogP contribution in [0.3, 0.4) is 0 Å². The minimum absolute atomic E-state index is 0.143. The summed E-state index contributed by atoms with van der Waals surface area (Å²) in [6.07, 6.45) is 4.57. The monoisotopic (exact) mass is 306 g/mol. The fraction of sp³-hybridized carbons (Fsp3) is 0.143. The van der Waals surface area contributed by atoms with Gasteiger partial charge >= 0.3 is 0 Å². The maximum Gasteiger partial charge on any atom is 0.264 e. The van der Waals surface area contributed by atoms with Crippen molar-refractivity contribution < 1.29 is 13.2 Å². The third-order valence-corrected chi connectivity index (χ3v) is 3.87. The average Bonchev–Trinajstić information content (AvgIpc) is 2.45. The number of sulfone groups is 1. The Bertz CT molecular complexity index is 818. The molecule has 0 unspecified atom stereocenters. The van der Waals surface area contributed by atoms with E-state index in [0.717, 1.165) is 11.8 Å². The lowest BCUT2D eigenvalue weighted by Crippen LogP contribution is -2.05. The molecule has 2 rings (SSSR count). The summed E-state index contributed by atoms with van der Waals surface area (Å²) in [5, 5.41) is 6.17. The van der Waals surface area contributed by atoms with Gasteiger partial charge in [0, 0.05) is 12.3 Å². The van der Waals surface area contributed by atoms with Crippen molar-refractivity contribution in [2.45, 2.75) is 4.90 Å². The molecule has 110 valence electrons. The Labute approximate surface area is 122 Å². The summed E-state index contributed by atoms with van der Waals surface area (Å²) < 4.78 is 28.3. The second-order valence-electron chi connectivity index (χ2n) is 4.36. The van der Waals surface area contributed by atoms with Crippen molar-refractivity contribution in [3.8, 4) is 5.75 Å². The quantitative estimate of drug-likeness (QED) is 0.921.